The van der Waals surface area contributed by atoms with Crippen LogP contribution in [0.2, 0.25) is 0 Å². The molecule has 7 nitrogen and oxygen atoms in total. The zero-order valence-electron chi connectivity index (χ0n) is 14.1. The number of amides is 4. The average Bonchev–Trinajstić information content (AvgIpc) is 2.67. The van der Waals surface area contributed by atoms with E-state index in [0.717, 1.165) is 0 Å². The van der Waals surface area contributed by atoms with Crippen molar-refractivity contribution in [2.45, 2.75) is 12.1 Å². The lowest BCUT2D eigenvalue weighted by atomic mass is 9.66. The molecule has 2 aliphatic rings. The van der Waals surface area contributed by atoms with E-state index in [0.29, 0.717) is 16.2 Å². The molecule has 2 aromatic rings. The zero-order chi connectivity index (χ0) is 19.0. The van der Waals surface area contributed by atoms with E-state index in [-0.39, 0.29) is 0 Å². The first-order chi connectivity index (χ1) is 13.0. The van der Waals surface area contributed by atoms with E-state index in [9.17, 15) is 14.4 Å². The van der Waals surface area contributed by atoms with E-state index in [1.54, 1.807) is 0 Å². The molecular formula is C19H16N4O3S. The van der Waals surface area contributed by atoms with Gasteiger partial charge in [0.2, 0.25) is 11.8 Å². The Morgan fingerprint density at radius 2 is 1.11 bits per heavy atom. The molecule has 4 N–H and O–H groups in total. The fourth-order valence-electron chi connectivity index (χ4n) is 3.75. The molecule has 4 rings (SSSR count). The molecule has 2 fully saturated rings. The largest absolute Gasteiger partial charge is 0.354 e. The smallest absolute Gasteiger partial charge is 0.328 e. The molecule has 1 spiro atoms. The highest BCUT2D eigenvalue weighted by molar-refractivity contribution is 7.80. The van der Waals surface area contributed by atoms with Crippen LogP contribution in [0, 0.1) is 5.41 Å². The van der Waals surface area contributed by atoms with Gasteiger partial charge in [0, 0.05) is 0 Å². The molecule has 0 aliphatic carbocycles. The summed E-state index contributed by atoms with van der Waals surface area (Å²) in [7, 11) is 0. The highest BCUT2D eigenvalue weighted by atomic mass is 32.1. The molecule has 0 unspecified atom stereocenters. The third kappa shape index (κ3) is 2.65. The first kappa shape index (κ1) is 17.2. The monoisotopic (exact) mass is 380 g/mol. The van der Waals surface area contributed by atoms with Crippen molar-refractivity contribution in [1.82, 2.24) is 21.3 Å². The maximum absolute atomic E-state index is 13.2. The van der Waals surface area contributed by atoms with E-state index in [2.05, 4.69) is 21.3 Å². The Bertz CT molecular complexity index is 859. The number of benzene rings is 2. The SMILES string of the molecule is O=C1NC(=O)C2(C(=O)N1)[C@@H](c1ccccc1)NC(=S)N[C@@H]2c1ccccc1. The quantitative estimate of drug-likeness (QED) is 0.463. The van der Waals surface area contributed by atoms with Crippen LogP contribution >= 0.6 is 12.2 Å². The summed E-state index contributed by atoms with van der Waals surface area (Å²) >= 11 is 5.36. The molecule has 2 aliphatic heterocycles. The van der Waals surface area contributed by atoms with Crippen molar-refractivity contribution < 1.29 is 14.4 Å². The predicted molar refractivity (Wildman–Crippen MR) is 101 cm³/mol. The van der Waals surface area contributed by atoms with Crippen LogP contribution in [-0.4, -0.2) is 23.0 Å². The van der Waals surface area contributed by atoms with Gasteiger partial charge >= 0.3 is 6.03 Å². The van der Waals surface area contributed by atoms with Crippen molar-refractivity contribution in [3.63, 3.8) is 0 Å². The number of urea groups is 1. The average molecular weight is 380 g/mol. The maximum Gasteiger partial charge on any atom is 0.328 e. The van der Waals surface area contributed by atoms with E-state index in [4.69, 9.17) is 12.2 Å². The van der Waals surface area contributed by atoms with Crippen molar-refractivity contribution in [1.29, 1.82) is 0 Å². The number of hydrogen-bond acceptors (Lipinski definition) is 4. The molecule has 2 aromatic carbocycles. The van der Waals surface area contributed by atoms with Gasteiger partial charge in [-0.05, 0) is 23.3 Å². The highest BCUT2D eigenvalue weighted by Crippen LogP contribution is 2.48. The second-order valence-corrected chi connectivity index (χ2v) is 6.82. The Morgan fingerprint density at radius 1 is 0.704 bits per heavy atom. The molecule has 0 bridgehead atoms. The van der Waals surface area contributed by atoms with Crippen LogP contribution in [0.25, 0.3) is 0 Å². The van der Waals surface area contributed by atoms with Gasteiger partial charge < -0.3 is 10.6 Å². The van der Waals surface area contributed by atoms with Crippen LogP contribution in [0.4, 0.5) is 4.79 Å². The molecule has 8 heteroatoms. The Hall–Kier alpha value is -3.26. The van der Waals surface area contributed by atoms with Gasteiger partial charge in [0.25, 0.3) is 0 Å². The van der Waals surface area contributed by atoms with E-state index < -0.39 is 35.3 Å². The minimum absolute atomic E-state index is 0.320. The second kappa shape index (κ2) is 6.48. The molecule has 27 heavy (non-hydrogen) atoms. The Balaban J connectivity index is 1.95. The fourth-order valence-corrected chi connectivity index (χ4v) is 3.99. The van der Waals surface area contributed by atoms with Crippen molar-refractivity contribution >= 4 is 35.2 Å². The van der Waals surface area contributed by atoms with Gasteiger partial charge in [-0.25, -0.2) is 4.79 Å². The Kier molecular flexibility index (Phi) is 4.12. The van der Waals surface area contributed by atoms with Crippen LogP contribution in [0.1, 0.15) is 23.2 Å². The summed E-state index contributed by atoms with van der Waals surface area (Å²) in [5.74, 6) is -1.36. The normalized spacial score (nSPS) is 23.9. The molecule has 0 aromatic heterocycles. The lowest BCUT2D eigenvalue weighted by Gasteiger charge is -2.49. The molecule has 4 amide bonds. The first-order valence-corrected chi connectivity index (χ1v) is 8.78. The first-order valence-electron chi connectivity index (χ1n) is 8.37. The highest BCUT2D eigenvalue weighted by Gasteiger charge is 2.63. The van der Waals surface area contributed by atoms with Crippen LogP contribution in [0.5, 0.6) is 0 Å². The minimum Gasteiger partial charge on any atom is -0.354 e. The van der Waals surface area contributed by atoms with Crippen molar-refractivity contribution in [2.24, 2.45) is 5.41 Å². The third-order valence-corrected chi connectivity index (χ3v) is 5.17. The lowest BCUT2D eigenvalue weighted by Crippen LogP contribution is -2.73. The lowest BCUT2D eigenvalue weighted by molar-refractivity contribution is -0.149. The van der Waals surface area contributed by atoms with Gasteiger partial charge in [0.05, 0.1) is 12.1 Å². The standard InChI is InChI=1S/C19H16N4O3S/c24-15-19(16(25)23-17(26)22-15)13(11-7-3-1-4-8-11)20-18(27)21-14(19)12-9-5-2-6-10-12/h1-10,13-14H,(H2,20,21,27)(H2,22,23,24,25,26)/t13-,14-/m1/s1. The Labute approximate surface area is 160 Å². The number of hydrogen-bond donors (Lipinski definition) is 4. The fraction of sp³-hybridized carbons (Fsp3) is 0.158. The molecule has 2 saturated heterocycles. The molecule has 2 heterocycles. The summed E-state index contributed by atoms with van der Waals surface area (Å²) in [4.78, 5) is 38.0. The van der Waals surface area contributed by atoms with Gasteiger partial charge in [-0.15, -0.1) is 0 Å². The van der Waals surface area contributed by atoms with Gasteiger partial charge in [-0.2, -0.15) is 0 Å². The molecule has 0 saturated carbocycles. The van der Waals surface area contributed by atoms with Crippen molar-refractivity contribution in [2.75, 3.05) is 0 Å². The van der Waals surface area contributed by atoms with Crippen LogP contribution in [0.3, 0.4) is 0 Å². The summed E-state index contributed by atoms with van der Waals surface area (Å²) in [6, 6.07) is 15.8. The van der Waals surface area contributed by atoms with Crippen molar-refractivity contribution in [3.05, 3.63) is 71.8 Å². The summed E-state index contributed by atoms with van der Waals surface area (Å²) in [5, 5.41) is 10.9. The summed E-state index contributed by atoms with van der Waals surface area (Å²) in [5.41, 5.74) is -0.234. The number of barbiturate groups is 1. The van der Waals surface area contributed by atoms with E-state index in [1.807, 2.05) is 60.7 Å². The summed E-state index contributed by atoms with van der Waals surface area (Å²) in [6.45, 7) is 0. The second-order valence-electron chi connectivity index (χ2n) is 6.41. The van der Waals surface area contributed by atoms with Crippen molar-refractivity contribution in [3.8, 4) is 0 Å². The molecular weight excluding hydrogens is 364 g/mol. The number of imide groups is 2. The topological polar surface area (TPSA) is 99.3 Å². The predicted octanol–water partition coefficient (Wildman–Crippen LogP) is 1.30. The minimum atomic E-state index is -1.65. The van der Waals surface area contributed by atoms with Crippen LogP contribution in [-0.2, 0) is 9.59 Å². The van der Waals surface area contributed by atoms with Gasteiger partial charge in [0.1, 0.15) is 0 Å². The molecule has 136 valence electrons. The molecule has 2 atom stereocenters. The zero-order valence-corrected chi connectivity index (χ0v) is 14.9. The summed E-state index contributed by atoms with van der Waals surface area (Å²) in [6.07, 6.45) is 0. The third-order valence-electron chi connectivity index (χ3n) is 4.93. The van der Waals surface area contributed by atoms with Gasteiger partial charge in [-0.3, -0.25) is 20.2 Å². The van der Waals surface area contributed by atoms with Crippen LogP contribution < -0.4 is 21.3 Å². The summed E-state index contributed by atoms with van der Waals surface area (Å²) < 4.78 is 0. The van der Waals surface area contributed by atoms with Crippen LogP contribution in [0.15, 0.2) is 60.7 Å². The molecule has 0 radical (unpaired) electrons. The van der Waals surface area contributed by atoms with Gasteiger partial charge in [-0.1, -0.05) is 60.7 Å². The van der Waals surface area contributed by atoms with Gasteiger partial charge in [0.15, 0.2) is 10.5 Å². The maximum atomic E-state index is 13.2. The number of nitrogens with one attached hydrogen (secondary N) is 4. The van der Waals surface area contributed by atoms with E-state index in [1.165, 1.54) is 0 Å². The number of thiocarbonyl (C=S) groups is 1. The number of carbonyl (C=O) groups excluding carboxylic acids is 3. The van der Waals surface area contributed by atoms with E-state index >= 15 is 0 Å². The number of rotatable bonds is 2. The number of carbonyl (C=O) groups is 3. The Morgan fingerprint density at radius 3 is 1.52 bits per heavy atom.